The van der Waals surface area contributed by atoms with Crippen molar-refractivity contribution in [3.63, 3.8) is 0 Å². The summed E-state index contributed by atoms with van der Waals surface area (Å²) in [5.41, 5.74) is 0. The Morgan fingerprint density at radius 3 is 2.39 bits per heavy atom. The van der Waals surface area contributed by atoms with Crippen LogP contribution in [0.2, 0.25) is 0 Å². The Hall–Kier alpha value is -0.830. The van der Waals surface area contributed by atoms with Gasteiger partial charge in [0.15, 0.2) is 0 Å². The van der Waals surface area contributed by atoms with Crippen molar-refractivity contribution < 1.29 is 4.79 Å². The number of hydrogen-bond acceptors (Lipinski definition) is 2. The highest BCUT2D eigenvalue weighted by atomic mass is 16.1. The monoisotopic (exact) mass is 254 g/mol. The maximum Gasteiger partial charge on any atom is 0.243 e. The molecule has 1 aliphatic rings. The highest BCUT2D eigenvalue weighted by Crippen LogP contribution is 2.14. The first-order valence-electron chi connectivity index (χ1n) is 7.22. The SMILES string of the molecule is CC.CC(C)/C=C/C(=O)NCC1CCN(C)CC1. The number of nitrogens with one attached hydrogen (secondary N) is 1. The molecule has 0 spiro atoms. The van der Waals surface area contributed by atoms with E-state index in [2.05, 4.69) is 31.1 Å². The van der Waals surface area contributed by atoms with Gasteiger partial charge in [0.05, 0.1) is 0 Å². The van der Waals surface area contributed by atoms with Crippen molar-refractivity contribution in [3.05, 3.63) is 12.2 Å². The third-order valence-corrected chi connectivity index (χ3v) is 3.04. The van der Waals surface area contributed by atoms with E-state index in [0.717, 1.165) is 19.6 Å². The van der Waals surface area contributed by atoms with Gasteiger partial charge in [-0.2, -0.15) is 0 Å². The van der Waals surface area contributed by atoms with Crippen LogP contribution in [0.25, 0.3) is 0 Å². The number of likely N-dealkylation sites (tertiary alicyclic amines) is 1. The zero-order valence-corrected chi connectivity index (χ0v) is 12.7. The highest BCUT2D eigenvalue weighted by Gasteiger charge is 2.16. The van der Waals surface area contributed by atoms with E-state index in [1.54, 1.807) is 6.08 Å². The summed E-state index contributed by atoms with van der Waals surface area (Å²) in [6.45, 7) is 11.3. The first-order valence-corrected chi connectivity index (χ1v) is 7.22. The molecule has 0 unspecified atom stereocenters. The van der Waals surface area contributed by atoms with Gasteiger partial charge in [0.1, 0.15) is 0 Å². The van der Waals surface area contributed by atoms with Gasteiger partial charge in [-0.25, -0.2) is 0 Å². The third kappa shape index (κ3) is 8.29. The summed E-state index contributed by atoms with van der Waals surface area (Å²) in [7, 11) is 2.15. The predicted molar refractivity (Wildman–Crippen MR) is 78.6 cm³/mol. The summed E-state index contributed by atoms with van der Waals surface area (Å²) in [6.07, 6.45) is 5.99. The van der Waals surface area contributed by atoms with Gasteiger partial charge in [0.25, 0.3) is 0 Å². The minimum absolute atomic E-state index is 0.0487. The molecule has 0 radical (unpaired) electrons. The molecule has 0 bridgehead atoms. The van der Waals surface area contributed by atoms with Gasteiger partial charge in [-0.1, -0.05) is 33.8 Å². The van der Waals surface area contributed by atoms with E-state index in [4.69, 9.17) is 0 Å². The Morgan fingerprint density at radius 2 is 1.89 bits per heavy atom. The minimum Gasteiger partial charge on any atom is -0.352 e. The zero-order chi connectivity index (χ0) is 14.0. The standard InChI is InChI=1S/C13H24N2O.C2H6/c1-11(2)4-5-13(16)14-10-12-6-8-15(3)9-7-12;1-2/h4-5,11-12H,6-10H2,1-3H3,(H,14,16);1-2H3/b5-4+;. The molecule has 3 nitrogen and oxygen atoms in total. The summed E-state index contributed by atoms with van der Waals surface area (Å²) in [5, 5.41) is 2.98. The molecule has 1 saturated heterocycles. The summed E-state index contributed by atoms with van der Waals surface area (Å²) < 4.78 is 0. The number of carbonyl (C=O) groups is 1. The lowest BCUT2D eigenvalue weighted by Crippen LogP contribution is -2.36. The van der Waals surface area contributed by atoms with E-state index >= 15 is 0 Å². The summed E-state index contributed by atoms with van der Waals surface area (Å²) >= 11 is 0. The van der Waals surface area contributed by atoms with Gasteiger partial charge in [-0.15, -0.1) is 0 Å². The number of amides is 1. The fourth-order valence-corrected chi connectivity index (χ4v) is 1.85. The lowest BCUT2D eigenvalue weighted by Gasteiger charge is -2.28. The molecular formula is C15H30N2O. The van der Waals surface area contributed by atoms with Crippen LogP contribution >= 0.6 is 0 Å². The van der Waals surface area contributed by atoms with Crippen molar-refractivity contribution in [1.82, 2.24) is 10.2 Å². The van der Waals surface area contributed by atoms with Gasteiger partial charge in [-0.05, 0) is 50.9 Å². The van der Waals surface area contributed by atoms with Gasteiger partial charge in [0, 0.05) is 6.54 Å². The fourth-order valence-electron chi connectivity index (χ4n) is 1.85. The number of hydrogen-bond donors (Lipinski definition) is 1. The Balaban J connectivity index is 0.00000137. The average molecular weight is 254 g/mol. The highest BCUT2D eigenvalue weighted by molar-refractivity contribution is 5.87. The zero-order valence-electron chi connectivity index (χ0n) is 12.7. The smallest absolute Gasteiger partial charge is 0.243 e. The van der Waals surface area contributed by atoms with Crippen molar-refractivity contribution in [3.8, 4) is 0 Å². The second-order valence-corrected chi connectivity index (χ2v) is 5.09. The number of piperidine rings is 1. The van der Waals surface area contributed by atoms with Crippen LogP contribution in [0.1, 0.15) is 40.5 Å². The molecule has 0 aromatic carbocycles. The molecule has 18 heavy (non-hydrogen) atoms. The molecule has 1 heterocycles. The second-order valence-electron chi connectivity index (χ2n) is 5.09. The van der Waals surface area contributed by atoms with Gasteiger partial charge in [-0.3, -0.25) is 4.79 Å². The number of allylic oxidation sites excluding steroid dienone is 1. The van der Waals surface area contributed by atoms with Crippen LogP contribution in [0.4, 0.5) is 0 Å². The van der Waals surface area contributed by atoms with E-state index in [-0.39, 0.29) is 5.91 Å². The van der Waals surface area contributed by atoms with Crippen LogP contribution in [0.3, 0.4) is 0 Å². The van der Waals surface area contributed by atoms with E-state index in [0.29, 0.717) is 11.8 Å². The lowest BCUT2D eigenvalue weighted by molar-refractivity contribution is -0.116. The van der Waals surface area contributed by atoms with Crippen LogP contribution in [0.15, 0.2) is 12.2 Å². The Kier molecular flexibility index (Phi) is 9.66. The van der Waals surface area contributed by atoms with Crippen molar-refractivity contribution in [1.29, 1.82) is 0 Å². The first-order chi connectivity index (χ1) is 8.58. The van der Waals surface area contributed by atoms with E-state index in [1.807, 2.05) is 19.9 Å². The van der Waals surface area contributed by atoms with Crippen LogP contribution in [-0.2, 0) is 4.79 Å². The van der Waals surface area contributed by atoms with Gasteiger partial charge in [0.2, 0.25) is 5.91 Å². The Bertz CT molecular complexity index is 241. The maximum atomic E-state index is 11.4. The van der Waals surface area contributed by atoms with Crippen LogP contribution in [0, 0.1) is 11.8 Å². The van der Waals surface area contributed by atoms with Crippen molar-refractivity contribution in [2.45, 2.75) is 40.5 Å². The minimum atomic E-state index is 0.0487. The van der Waals surface area contributed by atoms with Crippen LogP contribution < -0.4 is 5.32 Å². The first kappa shape index (κ1) is 17.2. The number of carbonyl (C=O) groups excluding carboxylic acids is 1. The third-order valence-electron chi connectivity index (χ3n) is 3.04. The normalized spacial score (nSPS) is 17.7. The Morgan fingerprint density at radius 1 is 1.33 bits per heavy atom. The van der Waals surface area contributed by atoms with E-state index < -0.39 is 0 Å². The summed E-state index contributed by atoms with van der Waals surface area (Å²) in [5.74, 6) is 1.15. The lowest BCUT2D eigenvalue weighted by atomic mass is 9.97. The molecular weight excluding hydrogens is 224 g/mol. The molecule has 0 aromatic rings. The summed E-state index contributed by atoms with van der Waals surface area (Å²) in [4.78, 5) is 13.8. The molecule has 0 atom stereocenters. The molecule has 1 fully saturated rings. The van der Waals surface area contributed by atoms with Crippen molar-refractivity contribution in [2.75, 3.05) is 26.7 Å². The number of rotatable bonds is 4. The van der Waals surface area contributed by atoms with Crippen molar-refractivity contribution in [2.24, 2.45) is 11.8 Å². The average Bonchev–Trinajstić information content (AvgIpc) is 2.38. The Labute approximate surface area is 113 Å². The molecule has 1 N–H and O–H groups in total. The molecule has 0 saturated carbocycles. The molecule has 3 heteroatoms. The molecule has 0 aliphatic carbocycles. The maximum absolute atomic E-state index is 11.4. The second kappa shape index (κ2) is 10.1. The molecule has 0 aromatic heterocycles. The van der Waals surface area contributed by atoms with Crippen molar-refractivity contribution >= 4 is 5.91 Å². The summed E-state index contributed by atoms with van der Waals surface area (Å²) in [6, 6.07) is 0. The fraction of sp³-hybridized carbons (Fsp3) is 0.800. The van der Waals surface area contributed by atoms with Gasteiger partial charge >= 0.3 is 0 Å². The topological polar surface area (TPSA) is 32.3 Å². The molecule has 106 valence electrons. The van der Waals surface area contributed by atoms with Crippen LogP contribution in [-0.4, -0.2) is 37.5 Å². The van der Waals surface area contributed by atoms with E-state index in [1.165, 1.54) is 12.8 Å². The van der Waals surface area contributed by atoms with E-state index in [9.17, 15) is 4.79 Å². The number of nitrogens with zero attached hydrogens (tertiary/aromatic N) is 1. The quantitative estimate of drug-likeness (QED) is 0.782. The van der Waals surface area contributed by atoms with Crippen LogP contribution in [0.5, 0.6) is 0 Å². The molecule has 1 amide bonds. The molecule has 1 aliphatic heterocycles. The molecule has 1 rings (SSSR count). The largest absolute Gasteiger partial charge is 0.352 e. The van der Waals surface area contributed by atoms with Gasteiger partial charge < -0.3 is 10.2 Å². The predicted octanol–water partition coefficient (Wildman–Crippen LogP) is 2.68.